The molecule has 3 rings (SSSR count). The summed E-state index contributed by atoms with van der Waals surface area (Å²) in [7, 11) is 0. The number of nitrogens with one attached hydrogen (secondary N) is 1. The van der Waals surface area contributed by atoms with Crippen LogP contribution in [0.4, 0.5) is 5.95 Å². The van der Waals surface area contributed by atoms with Crippen LogP contribution in [-0.4, -0.2) is 16.6 Å². The fraction of sp³-hybridized carbons (Fsp3) is 0.231. The summed E-state index contributed by atoms with van der Waals surface area (Å²) in [6.45, 7) is 1.42. The minimum Gasteiger partial charge on any atom is -0.493 e. The van der Waals surface area contributed by atoms with Gasteiger partial charge in [-0.25, -0.2) is 9.97 Å². The molecule has 0 spiro atoms. The van der Waals surface area contributed by atoms with Gasteiger partial charge in [-0.05, 0) is 40.3 Å². The molecule has 0 amide bonds. The lowest BCUT2D eigenvalue weighted by Crippen LogP contribution is -2.05. The van der Waals surface area contributed by atoms with E-state index in [1.165, 1.54) is 5.56 Å². The van der Waals surface area contributed by atoms with Crippen LogP contribution >= 0.6 is 38.5 Å². The van der Waals surface area contributed by atoms with Gasteiger partial charge in [0.25, 0.3) is 0 Å². The standard InChI is InChI=1S/C13H11BrIN3O/c14-10-3-8-1-2-19-12(8)9(4-10)5-16-13-17-6-11(15)7-18-13/h3-4,6-7H,1-2,5H2,(H,16,17,18). The normalized spacial score (nSPS) is 12.9. The highest BCUT2D eigenvalue weighted by Gasteiger charge is 2.17. The van der Waals surface area contributed by atoms with Crippen molar-refractivity contribution in [1.82, 2.24) is 9.97 Å². The molecule has 1 aromatic carbocycles. The molecule has 98 valence electrons. The smallest absolute Gasteiger partial charge is 0.222 e. The molecule has 0 radical (unpaired) electrons. The third kappa shape index (κ3) is 3.00. The van der Waals surface area contributed by atoms with Crippen molar-refractivity contribution in [3.05, 3.63) is 43.7 Å². The molecule has 0 fully saturated rings. The lowest BCUT2D eigenvalue weighted by atomic mass is 10.1. The molecular weight excluding hydrogens is 421 g/mol. The van der Waals surface area contributed by atoms with Crippen molar-refractivity contribution >= 4 is 44.5 Å². The van der Waals surface area contributed by atoms with Gasteiger partial charge >= 0.3 is 0 Å². The first-order valence-corrected chi connectivity index (χ1v) is 7.75. The van der Waals surface area contributed by atoms with Gasteiger partial charge in [-0.15, -0.1) is 0 Å². The highest BCUT2D eigenvalue weighted by molar-refractivity contribution is 14.1. The first-order chi connectivity index (χ1) is 9.22. The molecule has 0 aliphatic carbocycles. The average Bonchev–Trinajstić information content (AvgIpc) is 2.85. The van der Waals surface area contributed by atoms with Crippen LogP contribution in [0.3, 0.4) is 0 Å². The van der Waals surface area contributed by atoms with Crippen LogP contribution in [0.5, 0.6) is 5.75 Å². The Morgan fingerprint density at radius 2 is 2.11 bits per heavy atom. The number of rotatable bonds is 3. The lowest BCUT2D eigenvalue weighted by Gasteiger charge is -2.10. The van der Waals surface area contributed by atoms with Gasteiger partial charge in [0.15, 0.2) is 0 Å². The molecule has 0 atom stereocenters. The van der Waals surface area contributed by atoms with E-state index in [1.54, 1.807) is 12.4 Å². The average molecular weight is 432 g/mol. The molecule has 1 aliphatic heterocycles. The summed E-state index contributed by atoms with van der Waals surface area (Å²) in [4.78, 5) is 8.45. The molecule has 6 heteroatoms. The Morgan fingerprint density at radius 3 is 2.89 bits per heavy atom. The van der Waals surface area contributed by atoms with Gasteiger partial charge in [0.05, 0.1) is 6.61 Å². The molecule has 2 aromatic rings. The number of aromatic nitrogens is 2. The summed E-state index contributed by atoms with van der Waals surface area (Å²) in [6.07, 6.45) is 4.55. The molecule has 1 aromatic heterocycles. The number of nitrogens with zero attached hydrogens (tertiary/aromatic N) is 2. The molecule has 0 saturated heterocycles. The Bertz CT molecular complexity index is 604. The maximum absolute atomic E-state index is 5.69. The SMILES string of the molecule is Brc1cc2c(c(CNc3ncc(I)cn3)c1)OCC2. The summed E-state index contributed by atoms with van der Waals surface area (Å²) >= 11 is 5.72. The van der Waals surface area contributed by atoms with Crippen LogP contribution in [-0.2, 0) is 13.0 Å². The van der Waals surface area contributed by atoms with Gasteiger partial charge < -0.3 is 10.1 Å². The summed E-state index contributed by atoms with van der Waals surface area (Å²) < 4.78 is 7.79. The maximum atomic E-state index is 5.69. The number of halogens is 2. The number of hydrogen-bond acceptors (Lipinski definition) is 4. The van der Waals surface area contributed by atoms with Crippen molar-refractivity contribution in [2.24, 2.45) is 0 Å². The molecule has 0 bridgehead atoms. The van der Waals surface area contributed by atoms with Crippen LogP contribution in [0.1, 0.15) is 11.1 Å². The van der Waals surface area contributed by atoms with Gasteiger partial charge in [0.1, 0.15) is 5.75 Å². The third-order valence-electron chi connectivity index (χ3n) is 2.88. The second-order valence-electron chi connectivity index (χ2n) is 4.23. The molecule has 0 unspecified atom stereocenters. The van der Waals surface area contributed by atoms with Crippen molar-refractivity contribution in [3.63, 3.8) is 0 Å². The number of fused-ring (bicyclic) bond motifs is 1. The van der Waals surface area contributed by atoms with Gasteiger partial charge in [-0.3, -0.25) is 0 Å². The van der Waals surface area contributed by atoms with Crippen molar-refractivity contribution in [1.29, 1.82) is 0 Å². The van der Waals surface area contributed by atoms with Crippen LogP contribution in [0, 0.1) is 3.57 Å². The first-order valence-electron chi connectivity index (χ1n) is 5.88. The van der Waals surface area contributed by atoms with Crippen molar-refractivity contribution in [2.75, 3.05) is 11.9 Å². The van der Waals surface area contributed by atoms with Crippen LogP contribution in [0.25, 0.3) is 0 Å². The number of hydrogen-bond donors (Lipinski definition) is 1. The zero-order valence-corrected chi connectivity index (χ0v) is 13.7. The van der Waals surface area contributed by atoms with E-state index in [-0.39, 0.29) is 0 Å². The molecular formula is C13H11BrIN3O. The van der Waals surface area contributed by atoms with Crippen LogP contribution in [0.2, 0.25) is 0 Å². The number of ether oxygens (including phenoxy) is 1. The molecule has 0 saturated carbocycles. The van der Waals surface area contributed by atoms with Gasteiger partial charge in [-0.1, -0.05) is 15.9 Å². The summed E-state index contributed by atoms with van der Waals surface area (Å²) in [6, 6.07) is 4.19. The Kier molecular flexibility index (Phi) is 3.88. The second-order valence-corrected chi connectivity index (χ2v) is 6.39. The number of benzene rings is 1. The Balaban J connectivity index is 1.78. The molecule has 1 N–H and O–H groups in total. The Hall–Kier alpha value is -0.890. The highest BCUT2D eigenvalue weighted by Crippen LogP contribution is 2.33. The van der Waals surface area contributed by atoms with Crippen molar-refractivity contribution in [2.45, 2.75) is 13.0 Å². The van der Waals surface area contributed by atoms with Crippen LogP contribution in [0.15, 0.2) is 29.0 Å². The Morgan fingerprint density at radius 1 is 1.32 bits per heavy atom. The van der Waals surface area contributed by atoms with E-state index in [9.17, 15) is 0 Å². The third-order valence-corrected chi connectivity index (χ3v) is 3.90. The van der Waals surface area contributed by atoms with Gasteiger partial charge in [0, 0.05) is 39.0 Å². The zero-order valence-electron chi connectivity index (χ0n) is 9.99. The first kappa shape index (κ1) is 13.1. The van der Waals surface area contributed by atoms with Crippen molar-refractivity contribution < 1.29 is 4.74 Å². The molecule has 4 nitrogen and oxygen atoms in total. The minimum atomic E-state index is 0.632. The van der Waals surface area contributed by atoms with Crippen molar-refractivity contribution in [3.8, 4) is 5.75 Å². The van der Waals surface area contributed by atoms with E-state index in [0.717, 1.165) is 32.4 Å². The largest absolute Gasteiger partial charge is 0.493 e. The fourth-order valence-electron chi connectivity index (χ4n) is 2.06. The zero-order chi connectivity index (χ0) is 13.2. The minimum absolute atomic E-state index is 0.632. The summed E-state index contributed by atoms with van der Waals surface area (Å²) in [5.74, 6) is 1.63. The molecule has 1 aliphatic rings. The molecule has 2 heterocycles. The highest BCUT2D eigenvalue weighted by atomic mass is 127. The second kappa shape index (κ2) is 5.62. The van der Waals surface area contributed by atoms with E-state index in [0.29, 0.717) is 12.5 Å². The lowest BCUT2D eigenvalue weighted by molar-refractivity contribution is 0.354. The topological polar surface area (TPSA) is 47.0 Å². The fourth-order valence-corrected chi connectivity index (χ4v) is 2.89. The summed E-state index contributed by atoms with van der Waals surface area (Å²) in [5, 5.41) is 3.22. The molecule has 19 heavy (non-hydrogen) atoms. The predicted molar refractivity (Wildman–Crippen MR) is 85.4 cm³/mol. The van der Waals surface area contributed by atoms with E-state index < -0.39 is 0 Å². The van der Waals surface area contributed by atoms with Gasteiger partial charge in [0.2, 0.25) is 5.95 Å². The summed E-state index contributed by atoms with van der Waals surface area (Å²) in [5.41, 5.74) is 2.39. The van der Waals surface area contributed by atoms with E-state index in [4.69, 9.17) is 4.74 Å². The maximum Gasteiger partial charge on any atom is 0.222 e. The van der Waals surface area contributed by atoms with E-state index >= 15 is 0 Å². The quantitative estimate of drug-likeness (QED) is 0.756. The monoisotopic (exact) mass is 431 g/mol. The van der Waals surface area contributed by atoms with Gasteiger partial charge in [-0.2, -0.15) is 0 Å². The van der Waals surface area contributed by atoms with E-state index in [1.807, 2.05) is 0 Å². The van der Waals surface area contributed by atoms with E-state index in [2.05, 4.69) is 65.9 Å². The predicted octanol–water partition coefficient (Wildman–Crippen LogP) is 3.39. The Labute approximate surface area is 133 Å². The van der Waals surface area contributed by atoms with Crippen LogP contribution < -0.4 is 10.1 Å². The number of anilines is 1.